The van der Waals surface area contributed by atoms with Gasteiger partial charge in [-0.3, -0.25) is 19.8 Å². The van der Waals surface area contributed by atoms with Crippen LogP contribution in [0.5, 0.6) is 0 Å². The van der Waals surface area contributed by atoms with Crippen molar-refractivity contribution in [2.45, 2.75) is 58.6 Å². The lowest BCUT2D eigenvalue weighted by Gasteiger charge is -2.28. The molecule has 0 spiro atoms. The predicted molar refractivity (Wildman–Crippen MR) is 174 cm³/mol. The summed E-state index contributed by atoms with van der Waals surface area (Å²) in [4.78, 5) is 41.4. The molecule has 0 aliphatic rings. The van der Waals surface area contributed by atoms with Gasteiger partial charge in [-0.1, -0.05) is 50.1 Å². The number of halogens is 2. The van der Waals surface area contributed by atoms with E-state index in [-0.39, 0.29) is 42.3 Å². The Hall–Kier alpha value is -4.59. The summed E-state index contributed by atoms with van der Waals surface area (Å²) in [6, 6.07) is 15.8. The number of hydrazine groups is 1. The Labute approximate surface area is 269 Å². The number of aliphatic hydroxyl groups is 1. The second-order valence-electron chi connectivity index (χ2n) is 11.2. The Morgan fingerprint density at radius 2 is 1.52 bits per heavy atom. The van der Waals surface area contributed by atoms with E-state index in [1.165, 1.54) is 11.1 Å². The van der Waals surface area contributed by atoms with Gasteiger partial charge in [-0.2, -0.15) is 0 Å². The summed E-state index contributed by atoms with van der Waals surface area (Å²) in [5, 5.41) is 15.5. The molecular weight excluding hydrogens is 590 g/mol. The Bertz CT molecular complexity index is 1530. The average Bonchev–Trinajstić information content (AvgIpc) is 3.00. The van der Waals surface area contributed by atoms with Crippen LogP contribution in [0, 0.1) is 23.5 Å². The van der Waals surface area contributed by atoms with Crippen LogP contribution in [0.2, 0.25) is 0 Å². The highest BCUT2D eigenvalue weighted by molar-refractivity contribution is 6.00. The second kappa shape index (κ2) is 17.8. The molecule has 0 saturated heterocycles. The molecule has 0 aliphatic heterocycles. The van der Waals surface area contributed by atoms with Gasteiger partial charge in [0.2, 0.25) is 5.91 Å². The van der Waals surface area contributed by atoms with Crippen molar-refractivity contribution in [1.82, 2.24) is 20.7 Å². The lowest BCUT2D eigenvalue weighted by atomic mass is 9.99. The van der Waals surface area contributed by atoms with Crippen LogP contribution >= 0.6 is 0 Å². The normalized spacial score (nSPS) is 12.1. The van der Waals surface area contributed by atoms with Crippen molar-refractivity contribution in [1.29, 1.82) is 0 Å². The van der Waals surface area contributed by atoms with Crippen molar-refractivity contribution < 1.29 is 28.3 Å². The number of hydrogen-bond donors (Lipinski definition) is 3. The largest absolute Gasteiger partial charge is 0.390 e. The first kappa shape index (κ1) is 35.9. The Morgan fingerprint density at radius 1 is 0.891 bits per heavy atom. The number of nitrogens with one attached hydrogen (secondary N) is 2. The maximum absolute atomic E-state index is 14.1. The summed E-state index contributed by atoms with van der Waals surface area (Å²) in [5.41, 5.74) is 4.64. The van der Waals surface area contributed by atoms with Crippen LogP contribution < -0.4 is 10.7 Å². The highest BCUT2D eigenvalue weighted by Gasteiger charge is 2.26. The Balaban J connectivity index is 1.86. The smallest absolute Gasteiger partial charge is 0.253 e. The van der Waals surface area contributed by atoms with Crippen LogP contribution in [0.4, 0.5) is 8.78 Å². The van der Waals surface area contributed by atoms with Gasteiger partial charge in [0, 0.05) is 49.4 Å². The fourth-order valence-corrected chi connectivity index (χ4v) is 5.14. The van der Waals surface area contributed by atoms with Crippen LogP contribution in [0.3, 0.4) is 0 Å². The van der Waals surface area contributed by atoms with Crippen LogP contribution in [-0.4, -0.2) is 71.6 Å². The lowest BCUT2D eigenvalue weighted by molar-refractivity contribution is -0.125. The third-order valence-corrected chi connectivity index (χ3v) is 7.13. The number of carbonyl (C=O) groups excluding carboxylic acids is 3. The summed E-state index contributed by atoms with van der Waals surface area (Å²) in [5.74, 6) is 2.98. The number of carbonyl (C=O) groups is 3. The monoisotopic (exact) mass is 632 g/mol. The van der Waals surface area contributed by atoms with Gasteiger partial charge in [-0.25, -0.2) is 13.8 Å². The molecule has 3 amide bonds. The minimum Gasteiger partial charge on any atom is -0.390 e. The number of rotatable bonds is 15. The molecule has 10 heteroatoms. The summed E-state index contributed by atoms with van der Waals surface area (Å²) in [7, 11) is 1.57. The molecule has 3 aromatic rings. The SMILES string of the molecule is CC#Cc1cc(C(=O)NC(Cc2cc(F)cc(F)c2)C(O)CN(C)NC(=O)Cc2ccccc2)cc(C(=O)N(CCC)CCC)c1. The number of hydrogen-bond acceptors (Lipinski definition) is 5. The Kier molecular flexibility index (Phi) is 13.9. The maximum Gasteiger partial charge on any atom is 0.253 e. The minimum absolute atomic E-state index is 0.114. The standard InChI is InChI=1S/C36H42F2N4O4/c1-5-11-26-16-28(22-29(17-26)36(46)42(14-6-2)15-7-3)35(45)39-32(20-27-18-30(37)23-31(38)19-27)33(43)24-41(4)40-34(44)21-25-12-9-8-10-13-25/h8-10,12-13,16-19,22-23,32-33,43H,6-7,14-15,20-21,24H2,1-4H3,(H,39,45)(H,40,44). The van der Waals surface area contributed by atoms with Crippen molar-refractivity contribution in [3.8, 4) is 11.8 Å². The van der Waals surface area contributed by atoms with Crippen molar-refractivity contribution in [2.24, 2.45) is 0 Å². The summed E-state index contributed by atoms with van der Waals surface area (Å²) in [6.07, 6.45) is 0.274. The summed E-state index contributed by atoms with van der Waals surface area (Å²) >= 11 is 0. The van der Waals surface area contributed by atoms with E-state index in [0.29, 0.717) is 24.2 Å². The van der Waals surface area contributed by atoms with Crippen LogP contribution in [0.15, 0.2) is 66.7 Å². The molecule has 3 rings (SSSR count). The zero-order valence-corrected chi connectivity index (χ0v) is 26.8. The molecule has 2 unspecified atom stereocenters. The van der Waals surface area contributed by atoms with E-state index >= 15 is 0 Å². The van der Waals surface area contributed by atoms with E-state index in [9.17, 15) is 28.3 Å². The molecule has 0 aromatic heterocycles. The topological polar surface area (TPSA) is 102 Å². The zero-order chi connectivity index (χ0) is 33.6. The summed E-state index contributed by atoms with van der Waals surface area (Å²) in [6.45, 7) is 6.62. The quantitative estimate of drug-likeness (QED) is 0.169. The van der Waals surface area contributed by atoms with Crippen LogP contribution in [0.1, 0.15) is 71.0 Å². The molecule has 0 fully saturated rings. The minimum atomic E-state index is -1.28. The zero-order valence-electron chi connectivity index (χ0n) is 26.8. The third kappa shape index (κ3) is 11.1. The molecule has 46 heavy (non-hydrogen) atoms. The molecular formula is C36H42F2N4O4. The lowest BCUT2D eigenvalue weighted by Crippen LogP contribution is -2.52. The fraction of sp³-hybridized carbons (Fsp3) is 0.361. The third-order valence-electron chi connectivity index (χ3n) is 7.13. The molecule has 0 heterocycles. The van der Waals surface area contributed by atoms with Gasteiger partial charge in [0.15, 0.2) is 0 Å². The molecule has 0 saturated carbocycles. The Morgan fingerprint density at radius 3 is 2.13 bits per heavy atom. The molecule has 8 nitrogen and oxygen atoms in total. The molecule has 3 N–H and O–H groups in total. The molecule has 0 aliphatic carbocycles. The van der Waals surface area contributed by atoms with Crippen molar-refractivity contribution >= 4 is 17.7 Å². The van der Waals surface area contributed by atoms with E-state index in [1.54, 1.807) is 31.0 Å². The fourth-order valence-electron chi connectivity index (χ4n) is 5.14. The van der Waals surface area contributed by atoms with Gasteiger partial charge in [0.25, 0.3) is 11.8 Å². The molecule has 0 bridgehead atoms. The van der Waals surface area contributed by atoms with Gasteiger partial charge in [0.1, 0.15) is 11.6 Å². The van der Waals surface area contributed by atoms with E-state index in [0.717, 1.165) is 36.6 Å². The summed E-state index contributed by atoms with van der Waals surface area (Å²) < 4.78 is 28.1. The van der Waals surface area contributed by atoms with Crippen LogP contribution in [0.25, 0.3) is 0 Å². The predicted octanol–water partition coefficient (Wildman–Crippen LogP) is 4.51. The first-order valence-electron chi connectivity index (χ1n) is 15.4. The number of benzene rings is 3. The highest BCUT2D eigenvalue weighted by Crippen LogP contribution is 2.16. The average molecular weight is 633 g/mol. The van der Waals surface area contributed by atoms with E-state index in [1.807, 2.05) is 44.2 Å². The van der Waals surface area contributed by atoms with Gasteiger partial charge < -0.3 is 15.3 Å². The number of amides is 3. The number of aliphatic hydroxyl groups excluding tert-OH is 1. The maximum atomic E-state index is 14.1. The van der Waals surface area contributed by atoms with E-state index in [4.69, 9.17) is 0 Å². The second-order valence-corrected chi connectivity index (χ2v) is 11.2. The van der Waals surface area contributed by atoms with Crippen molar-refractivity contribution in [3.63, 3.8) is 0 Å². The van der Waals surface area contributed by atoms with Gasteiger partial charge in [-0.05, 0) is 67.6 Å². The molecule has 3 aromatic carbocycles. The van der Waals surface area contributed by atoms with Crippen molar-refractivity contribution in [3.05, 3.63) is 106 Å². The van der Waals surface area contributed by atoms with Gasteiger partial charge >= 0.3 is 0 Å². The first-order valence-corrected chi connectivity index (χ1v) is 15.4. The highest BCUT2D eigenvalue weighted by atomic mass is 19.1. The van der Waals surface area contributed by atoms with Gasteiger partial charge in [0.05, 0.1) is 18.6 Å². The first-order chi connectivity index (χ1) is 22.0. The molecule has 0 radical (unpaired) electrons. The molecule has 244 valence electrons. The van der Waals surface area contributed by atoms with Crippen molar-refractivity contribution in [2.75, 3.05) is 26.7 Å². The van der Waals surface area contributed by atoms with Crippen LogP contribution in [-0.2, 0) is 17.6 Å². The van der Waals surface area contributed by atoms with E-state index in [2.05, 4.69) is 22.6 Å². The van der Waals surface area contributed by atoms with E-state index < -0.39 is 29.7 Å². The molecule has 2 atom stereocenters. The van der Waals surface area contributed by atoms with Gasteiger partial charge in [-0.15, -0.1) is 5.92 Å². The number of likely N-dealkylation sites (N-methyl/N-ethyl adjacent to an activating group) is 1. The number of nitrogens with zero attached hydrogens (tertiary/aromatic N) is 2.